The Morgan fingerprint density at radius 2 is 2.11 bits per heavy atom. The lowest BCUT2D eigenvalue weighted by molar-refractivity contribution is -0.153. The number of hydrogen-bond acceptors (Lipinski definition) is 3. The Morgan fingerprint density at radius 1 is 1.42 bits per heavy atom. The maximum Gasteiger partial charge on any atom is 0.319 e. The van der Waals surface area contributed by atoms with Crippen molar-refractivity contribution in [2.24, 2.45) is 5.41 Å². The minimum absolute atomic E-state index is 0.157. The lowest BCUT2D eigenvalue weighted by Crippen LogP contribution is -2.48. The predicted molar refractivity (Wildman–Crippen MR) is 69.0 cm³/mol. The van der Waals surface area contributed by atoms with Crippen molar-refractivity contribution in [2.75, 3.05) is 11.9 Å². The smallest absolute Gasteiger partial charge is 0.319 e. The number of H-pyrrole nitrogens is 1. The van der Waals surface area contributed by atoms with Crippen molar-refractivity contribution in [3.8, 4) is 0 Å². The molecule has 7 nitrogen and oxygen atoms in total. The van der Waals surface area contributed by atoms with Gasteiger partial charge in [0, 0.05) is 6.54 Å². The van der Waals surface area contributed by atoms with Crippen molar-refractivity contribution in [1.29, 1.82) is 0 Å². The van der Waals surface area contributed by atoms with Crippen molar-refractivity contribution < 1.29 is 14.7 Å². The SMILES string of the molecule is Cc1n[nH]c(C)c1NC(=O)NCC1(C(=O)O)CCC1. The fraction of sp³-hybridized carbons (Fsp3) is 0.583. The first kappa shape index (κ1) is 13.4. The summed E-state index contributed by atoms with van der Waals surface area (Å²) < 4.78 is 0. The van der Waals surface area contributed by atoms with Crippen molar-refractivity contribution in [3.05, 3.63) is 11.4 Å². The number of anilines is 1. The molecule has 0 unspecified atom stereocenters. The lowest BCUT2D eigenvalue weighted by Gasteiger charge is -2.37. The molecule has 0 aliphatic heterocycles. The molecule has 7 heteroatoms. The molecule has 1 heterocycles. The summed E-state index contributed by atoms with van der Waals surface area (Å²) in [5.41, 5.74) is 1.32. The van der Waals surface area contributed by atoms with Gasteiger partial charge in [-0.2, -0.15) is 5.10 Å². The van der Waals surface area contributed by atoms with Gasteiger partial charge in [0.2, 0.25) is 0 Å². The molecule has 2 rings (SSSR count). The molecule has 0 spiro atoms. The van der Waals surface area contributed by atoms with Gasteiger partial charge in [0.15, 0.2) is 0 Å². The van der Waals surface area contributed by atoms with Crippen LogP contribution in [-0.2, 0) is 4.79 Å². The number of urea groups is 1. The Hall–Kier alpha value is -2.05. The van der Waals surface area contributed by atoms with Crippen LogP contribution in [0.25, 0.3) is 0 Å². The zero-order valence-corrected chi connectivity index (χ0v) is 11.0. The van der Waals surface area contributed by atoms with E-state index in [1.807, 2.05) is 0 Å². The Labute approximate surface area is 110 Å². The molecule has 0 radical (unpaired) electrons. The molecular weight excluding hydrogens is 248 g/mol. The highest BCUT2D eigenvalue weighted by Gasteiger charge is 2.44. The van der Waals surface area contributed by atoms with Gasteiger partial charge < -0.3 is 15.7 Å². The number of nitrogens with one attached hydrogen (secondary N) is 3. The van der Waals surface area contributed by atoms with Gasteiger partial charge in [-0.3, -0.25) is 9.89 Å². The second kappa shape index (κ2) is 4.91. The Kier molecular flexibility index (Phi) is 3.46. The number of carboxylic acid groups (broad SMARTS) is 1. The van der Waals surface area contributed by atoms with Gasteiger partial charge in [0.05, 0.1) is 22.5 Å². The molecule has 19 heavy (non-hydrogen) atoms. The van der Waals surface area contributed by atoms with Crippen LogP contribution in [0.5, 0.6) is 0 Å². The highest BCUT2D eigenvalue weighted by molar-refractivity contribution is 5.91. The normalized spacial score (nSPS) is 16.5. The van der Waals surface area contributed by atoms with E-state index < -0.39 is 17.4 Å². The molecule has 4 N–H and O–H groups in total. The van der Waals surface area contributed by atoms with Crippen LogP contribution in [0.3, 0.4) is 0 Å². The average Bonchev–Trinajstić information content (AvgIpc) is 2.59. The highest BCUT2D eigenvalue weighted by Crippen LogP contribution is 2.40. The topological polar surface area (TPSA) is 107 Å². The maximum absolute atomic E-state index is 11.8. The van der Waals surface area contributed by atoms with E-state index in [-0.39, 0.29) is 6.54 Å². The Balaban J connectivity index is 1.90. The van der Waals surface area contributed by atoms with Gasteiger partial charge in [-0.25, -0.2) is 4.79 Å². The van der Waals surface area contributed by atoms with E-state index in [0.29, 0.717) is 24.2 Å². The zero-order chi connectivity index (χ0) is 14.0. The van der Waals surface area contributed by atoms with Crippen LogP contribution in [0.1, 0.15) is 30.7 Å². The molecule has 104 valence electrons. The average molecular weight is 266 g/mol. The first-order chi connectivity index (χ1) is 8.94. The fourth-order valence-corrected chi connectivity index (χ4v) is 2.21. The summed E-state index contributed by atoms with van der Waals surface area (Å²) >= 11 is 0. The molecular formula is C12H18N4O3. The molecule has 1 saturated carbocycles. The van der Waals surface area contributed by atoms with Crippen molar-refractivity contribution in [3.63, 3.8) is 0 Å². The van der Waals surface area contributed by atoms with Gasteiger partial charge in [0.1, 0.15) is 0 Å². The second-order valence-electron chi connectivity index (χ2n) is 5.06. The first-order valence-electron chi connectivity index (χ1n) is 6.24. The van der Waals surface area contributed by atoms with E-state index in [9.17, 15) is 9.59 Å². The van der Waals surface area contributed by atoms with Crippen molar-refractivity contribution in [1.82, 2.24) is 15.5 Å². The number of nitrogens with zero attached hydrogens (tertiary/aromatic N) is 1. The molecule has 2 amide bonds. The molecule has 0 bridgehead atoms. The lowest BCUT2D eigenvalue weighted by atomic mass is 9.69. The third kappa shape index (κ3) is 2.54. The number of aliphatic carboxylic acids is 1. The van der Waals surface area contributed by atoms with Crippen LogP contribution in [-0.4, -0.2) is 33.8 Å². The third-order valence-corrected chi connectivity index (χ3v) is 3.72. The molecule has 1 aliphatic rings. The van der Waals surface area contributed by atoms with Gasteiger partial charge in [-0.1, -0.05) is 6.42 Å². The summed E-state index contributed by atoms with van der Waals surface area (Å²) in [5.74, 6) is -0.838. The van der Waals surface area contributed by atoms with Crippen LogP contribution in [0.15, 0.2) is 0 Å². The number of rotatable bonds is 4. The highest BCUT2D eigenvalue weighted by atomic mass is 16.4. The zero-order valence-electron chi connectivity index (χ0n) is 11.0. The minimum atomic E-state index is -0.838. The number of aryl methyl sites for hydroxylation is 2. The molecule has 0 aromatic carbocycles. The number of aromatic nitrogens is 2. The largest absolute Gasteiger partial charge is 0.481 e. The summed E-state index contributed by atoms with van der Waals surface area (Å²) in [6.45, 7) is 3.74. The standard InChI is InChI=1S/C12H18N4O3/c1-7-9(8(2)16-15-7)14-11(19)13-6-12(10(17)18)4-3-5-12/h3-6H2,1-2H3,(H,15,16)(H,17,18)(H2,13,14,19). The molecule has 0 atom stereocenters. The Bertz CT molecular complexity index is 486. The molecule has 1 aromatic heterocycles. The monoisotopic (exact) mass is 266 g/mol. The van der Waals surface area contributed by atoms with Crippen LogP contribution in [0, 0.1) is 19.3 Å². The van der Waals surface area contributed by atoms with E-state index in [1.165, 1.54) is 0 Å². The van der Waals surface area contributed by atoms with Crippen LogP contribution in [0.2, 0.25) is 0 Å². The van der Waals surface area contributed by atoms with E-state index in [2.05, 4.69) is 20.8 Å². The molecule has 1 aliphatic carbocycles. The fourth-order valence-electron chi connectivity index (χ4n) is 2.21. The van der Waals surface area contributed by atoms with Crippen LogP contribution < -0.4 is 10.6 Å². The number of carbonyl (C=O) groups excluding carboxylic acids is 1. The number of aromatic amines is 1. The van der Waals surface area contributed by atoms with Crippen molar-refractivity contribution >= 4 is 17.7 Å². The van der Waals surface area contributed by atoms with Gasteiger partial charge >= 0.3 is 12.0 Å². The summed E-state index contributed by atoms with van der Waals surface area (Å²) in [6.07, 6.45) is 2.13. The van der Waals surface area contributed by atoms with E-state index in [4.69, 9.17) is 5.11 Å². The number of hydrogen-bond donors (Lipinski definition) is 4. The molecule has 1 fully saturated rings. The van der Waals surface area contributed by atoms with Gasteiger partial charge in [-0.15, -0.1) is 0 Å². The van der Waals surface area contributed by atoms with E-state index in [1.54, 1.807) is 13.8 Å². The predicted octanol–water partition coefficient (Wildman–Crippen LogP) is 1.40. The van der Waals surface area contributed by atoms with Gasteiger partial charge in [-0.05, 0) is 26.7 Å². The number of carbonyl (C=O) groups is 2. The minimum Gasteiger partial charge on any atom is -0.481 e. The maximum atomic E-state index is 11.8. The number of carboxylic acids is 1. The Morgan fingerprint density at radius 3 is 2.53 bits per heavy atom. The van der Waals surface area contributed by atoms with Crippen LogP contribution in [0.4, 0.5) is 10.5 Å². The first-order valence-corrected chi connectivity index (χ1v) is 6.24. The van der Waals surface area contributed by atoms with Gasteiger partial charge in [0.25, 0.3) is 0 Å². The summed E-state index contributed by atoms with van der Waals surface area (Å²) in [5, 5.41) is 21.2. The summed E-state index contributed by atoms with van der Waals surface area (Å²) in [6, 6.07) is -0.403. The third-order valence-electron chi connectivity index (χ3n) is 3.72. The van der Waals surface area contributed by atoms with E-state index in [0.717, 1.165) is 12.1 Å². The summed E-state index contributed by atoms with van der Waals surface area (Å²) in [4.78, 5) is 22.9. The van der Waals surface area contributed by atoms with Crippen molar-refractivity contribution in [2.45, 2.75) is 33.1 Å². The molecule has 0 saturated heterocycles. The second-order valence-corrected chi connectivity index (χ2v) is 5.06. The number of amides is 2. The van der Waals surface area contributed by atoms with E-state index >= 15 is 0 Å². The van der Waals surface area contributed by atoms with Crippen LogP contribution >= 0.6 is 0 Å². The summed E-state index contributed by atoms with van der Waals surface area (Å²) in [7, 11) is 0. The molecule has 1 aromatic rings. The quantitative estimate of drug-likeness (QED) is 0.660.